The monoisotopic (exact) mass is 468 g/mol. The second kappa shape index (κ2) is 9.14. The van der Waals surface area contributed by atoms with Gasteiger partial charge in [-0.3, -0.25) is 19.4 Å². The van der Waals surface area contributed by atoms with Gasteiger partial charge in [0, 0.05) is 0 Å². The Balaban J connectivity index is 1.54. The van der Waals surface area contributed by atoms with Crippen molar-refractivity contribution in [2.75, 3.05) is 13.7 Å². The van der Waals surface area contributed by atoms with Crippen LogP contribution in [-0.4, -0.2) is 55.7 Å². The number of carbonyl (C=O) groups excluding carboxylic acids is 2. The SMILES string of the molecule is C=CC[Si](OCC(c1ccccc1)N1C(=O)C2C(C1=O)N2C)(c1ccccc1)c1ccccc1. The van der Waals surface area contributed by atoms with Crippen molar-refractivity contribution in [3.63, 3.8) is 0 Å². The summed E-state index contributed by atoms with van der Waals surface area (Å²) in [6.45, 7) is 4.27. The molecule has 172 valence electrons. The first-order valence-corrected chi connectivity index (χ1v) is 13.7. The van der Waals surface area contributed by atoms with Crippen LogP contribution in [0.4, 0.5) is 0 Å². The first kappa shape index (κ1) is 22.5. The van der Waals surface area contributed by atoms with Crippen molar-refractivity contribution in [1.29, 1.82) is 0 Å². The van der Waals surface area contributed by atoms with Gasteiger partial charge in [-0.2, -0.15) is 0 Å². The molecule has 2 heterocycles. The lowest BCUT2D eigenvalue weighted by Crippen LogP contribution is -2.61. The van der Waals surface area contributed by atoms with Gasteiger partial charge in [-0.05, 0) is 29.0 Å². The topological polar surface area (TPSA) is 49.6 Å². The smallest absolute Gasteiger partial charge is 0.259 e. The molecule has 0 bridgehead atoms. The predicted octanol–water partition coefficient (Wildman–Crippen LogP) is 2.74. The Labute approximate surface area is 201 Å². The van der Waals surface area contributed by atoms with Gasteiger partial charge in [0.15, 0.2) is 0 Å². The Morgan fingerprint density at radius 3 is 1.79 bits per heavy atom. The number of amides is 2. The average molecular weight is 469 g/mol. The van der Waals surface area contributed by atoms with E-state index in [0.717, 1.165) is 15.9 Å². The molecule has 0 aromatic heterocycles. The molecule has 3 unspecified atom stereocenters. The molecular weight excluding hydrogens is 440 g/mol. The van der Waals surface area contributed by atoms with Crippen LogP contribution in [0, 0.1) is 0 Å². The van der Waals surface area contributed by atoms with E-state index in [0.29, 0.717) is 6.04 Å². The Kier molecular flexibility index (Phi) is 6.04. The van der Waals surface area contributed by atoms with Gasteiger partial charge in [-0.15, -0.1) is 6.58 Å². The normalized spacial score (nSPS) is 22.4. The summed E-state index contributed by atoms with van der Waals surface area (Å²) < 4.78 is 6.95. The van der Waals surface area contributed by atoms with Gasteiger partial charge in [0.05, 0.1) is 12.6 Å². The number of nitrogens with zero attached hydrogens (tertiary/aromatic N) is 2. The van der Waals surface area contributed by atoms with Gasteiger partial charge in [0.1, 0.15) is 12.1 Å². The van der Waals surface area contributed by atoms with Crippen LogP contribution in [0.5, 0.6) is 0 Å². The number of imide groups is 1. The lowest BCUT2D eigenvalue weighted by Gasteiger charge is -2.36. The number of allylic oxidation sites excluding steroid dienone is 1. The number of carbonyl (C=O) groups is 2. The summed E-state index contributed by atoms with van der Waals surface area (Å²) in [4.78, 5) is 29.6. The highest BCUT2D eigenvalue weighted by molar-refractivity contribution is 6.97. The van der Waals surface area contributed by atoms with Crippen LogP contribution < -0.4 is 10.4 Å². The fourth-order valence-electron chi connectivity index (χ4n) is 5.12. The molecule has 5 nitrogen and oxygen atoms in total. The lowest BCUT2D eigenvalue weighted by molar-refractivity contribution is -0.146. The number of likely N-dealkylation sites (N-methyl/N-ethyl adjacent to an activating group) is 1. The molecule has 0 N–H and O–H groups in total. The van der Waals surface area contributed by atoms with Crippen LogP contribution in [-0.2, 0) is 14.0 Å². The van der Waals surface area contributed by atoms with Gasteiger partial charge in [-0.25, -0.2) is 0 Å². The number of rotatable bonds is 9. The van der Waals surface area contributed by atoms with E-state index < -0.39 is 14.4 Å². The van der Waals surface area contributed by atoms with Crippen LogP contribution in [0.2, 0.25) is 6.04 Å². The summed E-state index contributed by atoms with van der Waals surface area (Å²) in [5.41, 5.74) is 0.899. The fraction of sp³-hybridized carbons (Fsp3) is 0.214. The highest BCUT2D eigenvalue weighted by atomic mass is 28.4. The highest BCUT2D eigenvalue weighted by Gasteiger charge is 2.65. The van der Waals surface area contributed by atoms with Crippen molar-refractivity contribution in [3.8, 4) is 0 Å². The Hall–Kier alpha value is -3.32. The van der Waals surface area contributed by atoms with Crippen molar-refractivity contribution in [1.82, 2.24) is 9.80 Å². The van der Waals surface area contributed by atoms with Crippen LogP contribution in [0.25, 0.3) is 0 Å². The molecule has 5 rings (SSSR count). The minimum atomic E-state index is -2.74. The molecule has 0 saturated carbocycles. The van der Waals surface area contributed by atoms with Crippen LogP contribution in [0.15, 0.2) is 104 Å². The first-order valence-electron chi connectivity index (χ1n) is 11.6. The quantitative estimate of drug-likeness (QED) is 0.210. The maximum absolute atomic E-state index is 13.2. The fourth-order valence-corrected chi connectivity index (χ4v) is 8.69. The van der Waals surface area contributed by atoms with E-state index in [2.05, 4.69) is 30.8 Å². The zero-order valence-corrected chi connectivity index (χ0v) is 20.2. The number of likely N-dealkylation sites (tertiary alicyclic amines) is 1. The van der Waals surface area contributed by atoms with Crippen molar-refractivity contribution in [2.24, 2.45) is 0 Å². The summed E-state index contributed by atoms with van der Waals surface area (Å²) in [6, 6.07) is 29.8. The first-order chi connectivity index (χ1) is 16.6. The number of piperazine rings is 1. The van der Waals surface area contributed by atoms with E-state index in [9.17, 15) is 9.59 Å². The predicted molar refractivity (Wildman–Crippen MR) is 135 cm³/mol. The second-order valence-electron chi connectivity index (χ2n) is 8.89. The molecule has 3 atom stereocenters. The molecule has 2 saturated heterocycles. The van der Waals surface area contributed by atoms with E-state index in [1.807, 2.05) is 84.8 Å². The van der Waals surface area contributed by atoms with E-state index in [4.69, 9.17) is 4.43 Å². The number of hydrogen-bond acceptors (Lipinski definition) is 4. The molecule has 2 fully saturated rings. The zero-order chi connectivity index (χ0) is 23.7. The molecule has 2 aliphatic heterocycles. The van der Waals surface area contributed by atoms with Crippen molar-refractivity contribution in [2.45, 2.75) is 24.2 Å². The van der Waals surface area contributed by atoms with E-state index in [1.54, 1.807) is 0 Å². The minimum Gasteiger partial charge on any atom is -0.405 e. The van der Waals surface area contributed by atoms with Crippen LogP contribution in [0.1, 0.15) is 11.6 Å². The third kappa shape index (κ3) is 3.74. The molecule has 0 aliphatic carbocycles. The van der Waals surface area contributed by atoms with Crippen molar-refractivity contribution >= 4 is 30.5 Å². The average Bonchev–Trinajstić information content (AvgIpc) is 3.49. The van der Waals surface area contributed by atoms with Crippen molar-refractivity contribution in [3.05, 3.63) is 109 Å². The second-order valence-corrected chi connectivity index (χ2v) is 12.4. The zero-order valence-electron chi connectivity index (χ0n) is 19.2. The van der Waals surface area contributed by atoms with Crippen LogP contribution in [0.3, 0.4) is 0 Å². The van der Waals surface area contributed by atoms with Gasteiger partial charge >= 0.3 is 0 Å². The molecule has 3 aromatic carbocycles. The Morgan fingerprint density at radius 2 is 1.32 bits per heavy atom. The molecule has 0 spiro atoms. The molecule has 2 aliphatic rings. The lowest BCUT2D eigenvalue weighted by atomic mass is 10.1. The van der Waals surface area contributed by atoms with E-state index in [-0.39, 0.29) is 30.5 Å². The summed E-state index contributed by atoms with van der Waals surface area (Å²) in [5.74, 6) is -0.268. The number of benzene rings is 3. The largest absolute Gasteiger partial charge is 0.405 e. The van der Waals surface area contributed by atoms with Crippen LogP contribution >= 0.6 is 0 Å². The summed E-state index contributed by atoms with van der Waals surface area (Å²) in [6.07, 6.45) is 1.92. The molecular formula is C28H28N2O3Si. The Morgan fingerprint density at radius 1 is 0.853 bits per heavy atom. The Bertz CT molecular complexity index is 1120. The molecule has 2 amide bonds. The van der Waals surface area contributed by atoms with Gasteiger partial charge < -0.3 is 4.43 Å². The highest BCUT2D eigenvalue weighted by Crippen LogP contribution is 2.40. The number of hydrogen-bond donors (Lipinski definition) is 0. The molecule has 6 heteroatoms. The maximum Gasteiger partial charge on any atom is 0.259 e. The number of fused-ring (bicyclic) bond motifs is 1. The van der Waals surface area contributed by atoms with Gasteiger partial charge in [-0.1, -0.05) is 97.1 Å². The molecule has 0 radical (unpaired) electrons. The molecule has 3 aromatic rings. The molecule has 34 heavy (non-hydrogen) atoms. The van der Waals surface area contributed by atoms with Gasteiger partial charge in [0.2, 0.25) is 11.8 Å². The van der Waals surface area contributed by atoms with Gasteiger partial charge in [0.25, 0.3) is 8.32 Å². The van der Waals surface area contributed by atoms with E-state index >= 15 is 0 Å². The van der Waals surface area contributed by atoms with E-state index in [1.165, 1.54) is 4.90 Å². The minimum absolute atomic E-state index is 0.134. The van der Waals surface area contributed by atoms with Crippen molar-refractivity contribution < 1.29 is 14.0 Å². The summed E-state index contributed by atoms with van der Waals surface area (Å²) in [5, 5.41) is 2.27. The third-order valence-corrected chi connectivity index (χ3v) is 11.0. The third-order valence-electron chi connectivity index (χ3n) is 6.96. The summed E-state index contributed by atoms with van der Waals surface area (Å²) >= 11 is 0. The maximum atomic E-state index is 13.2. The standard InChI is InChI=1S/C28H28N2O3Si/c1-3-19-34(22-15-9-5-10-16-22,23-17-11-6-12-18-23)33-20-24(21-13-7-4-8-14-21)30-27(31)25-26(28(30)32)29(25)2/h3-18,24-26H,1,19-20H2,2H3. The summed E-state index contributed by atoms with van der Waals surface area (Å²) in [7, 11) is -0.913.